The van der Waals surface area contributed by atoms with Crippen LogP contribution in [0.25, 0.3) is 27.7 Å². The number of primary amides is 1. The highest BCUT2D eigenvalue weighted by Crippen LogP contribution is 2.39. The molecular formula is C29H28N6O2. The van der Waals surface area contributed by atoms with Gasteiger partial charge in [0, 0.05) is 41.2 Å². The molecule has 3 aromatic heterocycles. The number of nitrogen functional groups attached to an aromatic ring is 1. The van der Waals surface area contributed by atoms with Crippen LogP contribution in [0.1, 0.15) is 43.0 Å². The van der Waals surface area contributed by atoms with Crippen LogP contribution in [0.4, 0.5) is 5.82 Å². The molecule has 1 saturated carbocycles. The zero-order valence-corrected chi connectivity index (χ0v) is 20.6. The first-order valence-electron chi connectivity index (χ1n) is 12.5. The molecule has 8 nitrogen and oxygen atoms in total. The summed E-state index contributed by atoms with van der Waals surface area (Å²) in [5.74, 6) is 2.58. The Morgan fingerprint density at radius 2 is 1.81 bits per heavy atom. The van der Waals surface area contributed by atoms with Crippen molar-refractivity contribution in [1.82, 2.24) is 19.4 Å². The van der Waals surface area contributed by atoms with Crippen LogP contribution in [0.5, 0.6) is 11.6 Å². The molecule has 0 spiro atoms. The van der Waals surface area contributed by atoms with Crippen molar-refractivity contribution >= 4 is 28.1 Å². The Bertz CT molecular complexity index is 1620. The van der Waals surface area contributed by atoms with Crippen molar-refractivity contribution in [2.24, 2.45) is 11.7 Å². The molecule has 4 N–H and O–H groups in total. The Kier molecular flexibility index (Phi) is 5.71. The van der Waals surface area contributed by atoms with Gasteiger partial charge in [0.05, 0.1) is 5.52 Å². The second-order valence-corrected chi connectivity index (χ2v) is 9.73. The second-order valence-electron chi connectivity index (χ2n) is 9.73. The first kappa shape index (κ1) is 23.0. The van der Waals surface area contributed by atoms with Crippen LogP contribution >= 0.6 is 0 Å². The Morgan fingerprint density at radius 1 is 1.03 bits per heavy atom. The smallest absolute Gasteiger partial charge is 0.220 e. The van der Waals surface area contributed by atoms with Crippen LogP contribution in [0.15, 0.2) is 67.0 Å². The lowest BCUT2D eigenvalue weighted by molar-refractivity contribution is -0.122. The topological polar surface area (TPSA) is 121 Å². The Hall–Kier alpha value is -4.46. The van der Waals surface area contributed by atoms with Gasteiger partial charge in [-0.3, -0.25) is 9.20 Å². The van der Waals surface area contributed by atoms with Crippen molar-refractivity contribution in [3.05, 3.63) is 78.4 Å². The van der Waals surface area contributed by atoms with E-state index in [1.165, 1.54) is 0 Å². The Morgan fingerprint density at radius 3 is 2.57 bits per heavy atom. The summed E-state index contributed by atoms with van der Waals surface area (Å²) in [4.78, 5) is 25.9. The number of hydrogen-bond acceptors (Lipinski definition) is 6. The van der Waals surface area contributed by atoms with E-state index in [9.17, 15) is 4.79 Å². The highest BCUT2D eigenvalue weighted by molar-refractivity contribution is 5.92. The molecule has 1 aliphatic carbocycles. The lowest BCUT2D eigenvalue weighted by Gasteiger charge is -2.25. The summed E-state index contributed by atoms with van der Waals surface area (Å²) in [6, 6.07) is 17.7. The van der Waals surface area contributed by atoms with Crippen LogP contribution in [0, 0.1) is 12.8 Å². The third kappa shape index (κ3) is 4.24. The predicted octanol–water partition coefficient (Wildman–Crippen LogP) is 5.39. The van der Waals surface area contributed by atoms with Crippen LogP contribution in [0.2, 0.25) is 0 Å². The second kappa shape index (κ2) is 9.20. The van der Waals surface area contributed by atoms with Crippen molar-refractivity contribution in [2.45, 2.75) is 38.5 Å². The Balaban J connectivity index is 1.42. The summed E-state index contributed by atoms with van der Waals surface area (Å²) >= 11 is 0. The normalized spacial score (nSPS) is 17.8. The number of para-hydroxylation sites is 1. The zero-order chi connectivity index (χ0) is 25.5. The summed E-state index contributed by atoms with van der Waals surface area (Å²) in [5, 5.41) is 1.05. The van der Waals surface area contributed by atoms with Gasteiger partial charge in [-0.25, -0.2) is 15.0 Å². The van der Waals surface area contributed by atoms with Gasteiger partial charge in [0.15, 0.2) is 0 Å². The maximum Gasteiger partial charge on any atom is 0.220 e. The molecule has 0 atom stereocenters. The first-order chi connectivity index (χ1) is 18.0. The molecular weight excluding hydrogens is 464 g/mol. The van der Waals surface area contributed by atoms with E-state index in [1.54, 1.807) is 6.20 Å². The molecule has 2 aromatic carbocycles. The number of aryl methyl sites for hydroxylation is 1. The highest BCUT2D eigenvalue weighted by atomic mass is 16.5. The van der Waals surface area contributed by atoms with Gasteiger partial charge in [-0.15, -0.1) is 0 Å². The molecule has 186 valence electrons. The maximum absolute atomic E-state index is 11.7. The SMILES string of the molecule is Cc1cc(Oc2ccccc2)nc2cc(-c3nc(C4CCC(C(N)=O)CC4)n4ccnc(N)c34)ccc12. The van der Waals surface area contributed by atoms with E-state index in [0.29, 0.717) is 11.7 Å². The number of fused-ring (bicyclic) bond motifs is 2. The molecule has 5 aromatic rings. The van der Waals surface area contributed by atoms with Crippen molar-refractivity contribution in [2.75, 3.05) is 5.73 Å². The number of ether oxygens (including phenoxy) is 1. The summed E-state index contributed by atoms with van der Waals surface area (Å²) in [6.07, 6.45) is 6.86. The number of rotatable bonds is 5. The average Bonchev–Trinajstić information content (AvgIpc) is 3.30. The van der Waals surface area contributed by atoms with E-state index in [-0.39, 0.29) is 17.7 Å². The first-order valence-corrected chi connectivity index (χ1v) is 12.5. The van der Waals surface area contributed by atoms with Gasteiger partial charge in [0.2, 0.25) is 11.8 Å². The standard InChI is InChI=1S/C29H28N6O2/c1-17-15-24(37-21-5-3-2-4-6-21)33-23-16-20(11-12-22(17)23)25-26-27(30)32-13-14-35(26)29(34-25)19-9-7-18(8-10-19)28(31)36/h2-6,11-16,18-19H,7-10H2,1H3,(H2,30,32)(H2,31,36). The molecule has 3 heterocycles. The lowest BCUT2D eigenvalue weighted by atomic mass is 9.81. The lowest BCUT2D eigenvalue weighted by Crippen LogP contribution is -2.27. The third-order valence-electron chi connectivity index (χ3n) is 7.34. The maximum atomic E-state index is 11.7. The summed E-state index contributed by atoms with van der Waals surface area (Å²) < 4.78 is 8.06. The fourth-order valence-electron chi connectivity index (χ4n) is 5.39. The van der Waals surface area contributed by atoms with Crippen molar-refractivity contribution < 1.29 is 9.53 Å². The molecule has 1 fully saturated rings. The average molecular weight is 493 g/mol. The zero-order valence-electron chi connectivity index (χ0n) is 20.6. The number of nitrogens with zero attached hydrogens (tertiary/aromatic N) is 4. The molecule has 1 amide bonds. The number of pyridine rings is 1. The number of imidazole rings is 1. The predicted molar refractivity (Wildman–Crippen MR) is 143 cm³/mol. The van der Waals surface area contributed by atoms with Crippen molar-refractivity contribution in [3.8, 4) is 22.9 Å². The van der Waals surface area contributed by atoms with E-state index in [2.05, 4.69) is 24.0 Å². The molecule has 0 saturated heterocycles. The quantitative estimate of drug-likeness (QED) is 0.339. The summed E-state index contributed by atoms with van der Waals surface area (Å²) in [7, 11) is 0. The molecule has 6 rings (SSSR count). The van der Waals surface area contributed by atoms with Gasteiger partial charge in [0.25, 0.3) is 0 Å². The summed E-state index contributed by atoms with van der Waals surface area (Å²) in [5.41, 5.74) is 16.3. The van der Waals surface area contributed by atoms with Gasteiger partial charge in [-0.1, -0.05) is 30.3 Å². The Labute approximate surface area is 214 Å². The number of benzene rings is 2. The monoisotopic (exact) mass is 492 g/mol. The fourth-order valence-corrected chi connectivity index (χ4v) is 5.39. The third-order valence-corrected chi connectivity index (χ3v) is 7.34. The largest absolute Gasteiger partial charge is 0.439 e. The molecule has 0 aliphatic heterocycles. The minimum atomic E-state index is -0.213. The number of carbonyl (C=O) groups is 1. The van der Waals surface area contributed by atoms with Gasteiger partial charge < -0.3 is 16.2 Å². The van der Waals surface area contributed by atoms with Gasteiger partial charge in [-0.05, 0) is 56.4 Å². The number of amides is 1. The molecule has 0 radical (unpaired) electrons. The molecule has 1 aliphatic rings. The minimum Gasteiger partial charge on any atom is -0.439 e. The van der Waals surface area contributed by atoms with Crippen LogP contribution in [-0.4, -0.2) is 25.3 Å². The molecule has 8 heteroatoms. The number of aromatic nitrogens is 4. The molecule has 37 heavy (non-hydrogen) atoms. The fraction of sp³-hybridized carbons (Fsp3) is 0.241. The van der Waals surface area contributed by atoms with Crippen molar-refractivity contribution in [3.63, 3.8) is 0 Å². The number of hydrogen-bond donors (Lipinski definition) is 2. The van der Waals surface area contributed by atoms with Gasteiger partial charge >= 0.3 is 0 Å². The van der Waals surface area contributed by atoms with Crippen LogP contribution in [0.3, 0.4) is 0 Å². The minimum absolute atomic E-state index is 0.0595. The van der Waals surface area contributed by atoms with Gasteiger partial charge in [-0.2, -0.15) is 0 Å². The van der Waals surface area contributed by atoms with E-state index in [4.69, 9.17) is 26.2 Å². The van der Waals surface area contributed by atoms with E-state index in [1.807, 2.05) is 53.1 Å². The number of carbonyl (C=O) groups excluding carboxylic acids is 1. The van der Waals surface area contributed by atoms with E-state index >= 15 is 0 Å². The number of nitrogens with two attached hydrogens (primary N) is 2. The molecule has 0 bridgehead atoms. The van der Waals surface area contributed by atoms with Gasteiger partial charge in [0.1, 0.15) is 28.6 Å². The highest BCUT2D eigenvalue weighted by Gasteiger charge is 2.29. The van der Waals surface area contributed by atoms with E-state index in [0.717, 1.165) is 70.5 Å². The van der Waals surface area contributed by atoms with Crippen LogP contribution in [-0.2, 0) is 4.79 Å². The number of anilines is 1. The summed E-state index contributed by atoms with van der Waals surface area (Å²) in [6.45, 7) is 2.05. The van der Waals surface area contributed by atoms with Crippen LogP contribution < -0.4 is 16.2 Å². The van der Waals surface area contributed by atoms with E-state index < -0.39 is 0 Å². The molecule has 0 unspecified atom stereocenters. The van der Waals surface area contributed by atoms with Crippen molar-refractivity contribution in [1.29, 1.82) is 0 Å².